The molecule has 21 heavy (non-hydrogen) atoms. The highest BCUT2D eigenvalue weighted by Gasteiger charge is 2.21. The van der Waals surface area contributed by atoms with Crippen LogP contribution in [0.1, 0.15) is 22.8 Å². The summed E-state index contributed by atoms with van der Waals surface area (Å²) in [5.74, 6) is 0.348. The summed E-state index contributed by atoms with van der Waals surface area (Å²) in [5, 5.41) is 10.8. The molecule has 0 amide bonds. The normalized spacial score (nSPS) is 12.1. The van der Waals surface area contributed by atoms with Gasteiger partial charge in [-0.1, -0.05) is 17.7 Å². The number of aryl methyl sites for hydroxylation is 1. The molecule has 2 aromatic rings. The zero-order chi connectivity index (χ0) is 15.6. The van der Waals surface area contributed by atoms with Crippen LogP contribution in [0.5, 0.6) is 11.5 Å². The highest BCUT2D eigenvalue weighted by Crippen LogP contribution is 2.41. The van der Waals surface area contributed by atoms with Gasteiger partial charge in [-0.2, -0.15) is 0 Å². The fraction of sp³-hybridized carbons (Fsp3) is 0.250. The molecular weight excluding hydrogens is 295 g/mol. The molecule has 1 atom stereocenters. The third kappa shape index (κ3) is 2.96. The van der Waals surface area contributed by atoms with Crippen molar-refractivity contribution >= 4 is 11.6 Å². The number of ether oxygens (including phenoxy) is 2. The van der Waals surface area contributed by atoms with Gasteiger partial charge in [-0.05, 0) is 42.3 Å². The lowest BCUT2D eigenvalue weighted by Crippen LogP contribution is -2.05. The van der Waals surface area contributed by atoms with E-state index in [2.05, 4.69) is 0 Å². The van der Waals surface area contributed by atoms with E-state index in [1.165, 1.54) is 26.4 Å². The Balaban J connectivity index is 2.55. The van der Waals surface area contributed by atoms with E-state index < -0.39 is 11.9 Å². The van der Waals surface area contributed by atoms with Crippen molar-refractivity contribution in [3.8, 4) is 11.5 Å². The number of benzene rings is 2. The van der Waals surface area contributed by atoms with Crippen molar-refractivity contribution in [3.05, 3.63) is 57.9 Å². The fourth-order valence-electron chi connectivity index (χ4n) is 2.21. The maximum absolute atomic E-state index is 13.4. The van der Waals surface area contributed by atoms with Gasteiger partial charge >= 0.3 is 0 Å². The first-order valence-electron chi connectivity index (χ1n) is 6.34. The van der Waals surface area contributed by atoms with E-state index in [9.17, 15) is 9.50 Å². The summed E-state index contributed by atoms with van der Waals surface area (Å²) in [5.41, 5.74) is 1.70. The molecule has 0 saturated carbocycles. The van der Waals surface area contributed by atoms with E-state index in [0.29, 0.717) is 22.6 Å². The molecule has 0 bridgehead atoms. The quantitative estimate of drug-likeness (QED) is 0.931. The Kier molecular flexibility index (Phi) is 4.70. The first kappa shape index (κ1) is 15.6. The summed E-state index contributed by atoms with van der Waals surface area (Å²) in [6.07, 6.45) is -1.04. The summed E-state index contributed by atoms with van der Waals surface area (Å²) in [6, 6.07) is 7.56. The zero-order valence-corrected chi connectivity index (χ0v) is 12.7. The fourth-order valence-corrected chi connectivity index (χ4v) is 2.53. The smallest absolute Gasteiger partial charge is 0.147 e. The molecule has 0 heterocycles. The van der Waals surface area contributed by atoms with Crippen LogP contribution >= 0.6 is 11.6 Å². The molecule has 0 aliphatic rings. The van der Waals surface area contributed by atoms with Gasteiger partial charge in [0.25, 0.3) is 0 Å². The van der Waals surface area contributed by atoms with Gasteiger partial charge in [0.2, 0.25) is 0 Å². The van der Waals surface area contributed by atoms with Gasteiger partial charge in [-0.25, -0.2) is 4.39 Å². The van der Waals surface area contributed by atoms with Crippen molar-refractivity contribution in [1.82, 2.24) is 0 Å². The summed E-state index contributed by atoms with van der Waals surface area (Å²) < 4.78 is 23.8. The zero-order valence-electron chi connectivity index (χ0n) is 12.0. The van der Waals surface area contributed by atoms with Gasteiger partial charge < -0.3 is 14.6 Å². The van der Waals surface area contributed by atoms with Gasteiger partial charge in [-0.3, -0.25) is 0 Å². The van der Waals surface area contributed by atoms with Crippen LogP contribution in [0.2, 0.25) is 5.02 Å². The summed E-state index contributed by atoms with van der Waals surface area (Å²) >= 11 is 6.18. The summed E-state index contributed by atoms with van der Waals surface area (Å²) in [7, 11) is 2.95. The molecule has 0 radical (unpaired) electrons. The van der Waals surface area contributed by atoms with Crippen LogP contribution in [-0.2, 0) is 0 Å². The second-order valence-corrected chi connectivity index (χ2v) is 4.99. The number of aliphatic hydroxyl groups is 1. The molecule has 2 rings (SSSR count). The SMILES string of the molecule is COc1ccc(C(O)c2cc(F)ccc2C)c(OC)c1Cl. The molecule has 112 valence electrons. The van der Waals surface area contributed by atoms with E-state index in [0.717, 1.165) is 5.56 Å². The van der Waals surface area contributed by atoms with Gasteiger partial charge in [0.15, 0.2) is 0 Å². The van der Waals surface area contributed by atoms with Crippen LogP contribution in [0.15, 0.2) is 30.3 Å². The highest BCUT2D eigenvalue weighted by atomic mass is 35.5. The lowest BCUT2D eigenvalue weighted by molar-refractivity contribution is 0.213. The molecule has 0 saturated heterocycles. The van der Waals surface area contributed by atoms with Crippen LogP contribution in [0.3, 0.4) is 0 Å². The third-order valence-electron chi connectivity index (χ3n) is 3.35. The van der Waals surface area contributed by atoms with E-state index in [4.69, 9.17) is 21.1 Å². The largest absolute Gasteiger partial charge is 0.495 e. The second kappa shape index (κ2) is 6.33. The minimum Gasteiger partial charge on any atom is -0.495 e. The van der Waals surface area contributed by atoms with Crippen molar-refractivity contribution in [2.24, 2.45) is 0 Å². The molecule has 1 N–H and O–H groups in total. The number of methoxy groups -OCH3 is 2. The molecule has 1 unspecified atom stereocenters. The Morgan fingerprint density at radius 1 is 1.10 bits per heavy atom. The van der Waals surface area contributed by atoms with Crippen LogP contribution < -0.4 is 9.47 Å². The van der Waals surface area contributed by atoms with Gasteiger partial charge in [0.05, 0.1) is 14.2 Å². The van der Waals surface area contributed by atoms with E-state index >= 15 is 0 Å². The Morgan fingerprint density at radius 2 is 1.81 bits per heavy atom. The van der Waals surface area contributed by atoms with Crippen molar-refractivity contribution in [2.45, 2.75) is 13.0 Å². The Labute approximate surface area is 127 Å². The second-order valence-electron chi connectivity index (χ2n) is 4.61. The number of hydrogen-bond acceptors (Lipinski definition) is 3. The van der Waals surface area contributed by atoms with Gasteiger partial charge in [-0.15, -0.1) is 0 Å². The first-order chi connectivity index (χ1) is 9.99. The lowest BCUT2D eigenvalue weighted by atomic mass is 9.96. The number of rotatable bonds is 4. The molecule has 0 aromatic heterocycles. The monoisotopic (exact) mass is 310 g/mol. The number of halogens is 2. The molecule has 5 heteroatoms. The molecule has 0 fully saturated rings. The molecule has 0 spiro atoms. The molecule has 2 aromatic carbocycles. The van der Waals surface area contributed by atoms with Gasteiger partial charge in [0.1, 0.15) is 28.4 Å². The highest BCUT2D eigenvalue weighted by molar-refractivity contribution is 6.33. The van der Waals surface area contributed by atoms with Crippen LogP contribution in [0.4, 0.5) is 4.39 Å². The lowest BCUT2D eigenvalue weighted by Gasteiger charge is -2.19. The predicted octanol–water partition coefficient (Wildman–Crippen LogP) is 3.89. The van der Waals surface area contributed by atoms with Crippen LogP contribution in [-0.4, -0.2) is 19.3 Å². The van der Waals surface area contributed by atoms with Crippen molar-refractivity contribution in [1.29, 1.82) is 0 Å². The minimum absolute atomic E-state index is 0.269. The van der Waals surface area contributed by atoms with Gasteiger partial charge in [0, 0.05) is 5.56 Å². The topological polar surface area (TPSA) is 38.7 Å². The molecule has 0 aliphatic carbocycles. The predicted molar refractivity (Wildman–Crippen MR) is 79.8 cm³/mol. The minimum atomic E-state index is -1.04. The Hall–Kier alpha value is -1.78. The van der Waals surface area contributed by atoms with Crippen molar-refractivity contribution in [3.63, 3.8) is 0 Å². The summed E-state index contributed by atoms with van der Waals surface area (Å²) in [4.78, 5) is 0. The maximum atomic E-state index is 13.4. The van der Waals surface area contributed by atoms with E-state index in [-0.39, 0.29) is 5.02 Å². The third-order valence-corrected chi connectivity index (χ3v) is 3.70. The van der Waals surface area contributed by atoms with Crippen LogP contribution in [0.25, 0.3) is 0 Å². The number of hydrogen-bond donors (Lipinski definition) is 1. The first-order valence-corrected chi connectivity index (χ1v) is 6.71. The maximum Gasteiger partial charge on any atom is 0.147 e. The summed E-state index contributed by atoms with van der Waals surface area (Å²) in [6.45, 7) is 1.80. The molecule has 0 aliphatic heterocycles. The van der Waals surface area contributed by atoms with Crippen molar-refractivity contribution in [2.75, 3.05) is 14.2 Å². The number of aliphatic hydroxyl groups excluding tert-OH is 1. The molecule has 3 nitrogen and oxygen atoms in total. The Morgan fingerprint density at radius 3 is 2.43 bits per heavy atom. The van der Waals surface area contributed by atoms with Crippen LogP contribution in [0, 0.1) is 12.7 Å². The standard InChI is InChI=1S/C16H16ClFO3/c1-9-4-5-10(18)8-12(9)15(19)11-6-7-13(20-2)14(17)16(11)21-3/h4-8,15,19H,1-3H3. The average Bonchev–Trinajstić information content (AvgIpc) is 2.48. The van der Waals surface area contributed by atoms with E-state index in [1.54, 1.807) is 25.1 Å². The molecular formula is C16H16ClFO3. The Bertz CT molecular complexity index is 658. The van der Waals surface area contributed by atoms with Crippen molar-refractivity contribution < 1.29 is 19.0 Å². The average molecular weight is 311 g/mol. The van der Waals surface area contributed by atoms with E-state index in [1.807, 2.05) is 0 Å².